The monoisotopic (exact) mass is 451 g/mol. The van der Waals surface area contributed by atoms with Crippen LogP contribution < -0.4 is 15.4 Å². The van der Waals surface area contributed by atoms with E-state index >= 15 is 0 Å². The summed E-state index contributed by atoms with van der Waals surface area (Å²) in [6.45, 7) is 14.1. The van der Waals surface area contributed by atoms with Crippen LogP contribution in [0.5, 0.6) is 5.75 Å². The molecule has 5 nitrogen and oxygen atoms in total. The zero-order valence-electron chi connectivity index (χ0n) is 21.0. The molecule has 0 unspecified atom stereocenters. The first-order valence-corrected chi connectivity index (χ1v) is 12.4. The molecule has 0 bridgehead atoms. The Balaban J connectivity index is 1.49. The number of allylic oxidation sites excluding steroid dienone is 4. The van der Waals surface area contributed by atoms with Gasteiger partial charge in [0.25, 0.3) is 5.91 Å². The predicted octanol–water partition coefficient (Wildman–Crippen LogP) is 5.09. The fraction of sp³-hybridized carbons (Fsp3) is 0.536. The van der Waals surface area contributed by atoms with Crippen molar-refractivity contribution in [3.8, 4) is 5.75 Å². The highest BCUT2D eigenvalue weighted by atomic mass is 16.5. The molecule has 0 radical (unpaired) electrons. The van der Waals surface area contributed by atoms with E-state index in [-0.39, 0.29) is 11.5 Å². The summed E-state index contributed by atoms with van der Waals surface area (Å²) in [4.78, 5) is 15.3. The van der Waals surface area contributed by atoms with Gasteiger partial charge in [0.15, 0.2) is 0 Å². The van der Waals surface area contributed by atoms with Gasteiger partial charge in [0.2, 0.25) is 0 Å². The van der Waals surface area contributed by atoms with Crippen molar-refractivity contribution in [1.82, 2.24) is 15.5 Å². The minimum absolute atomic E-state index is 0.0426. The SMILES string of the molecule is C/C=C(C)/C=C(\N/C=C/CC)C(=O)NCC1CCN(Cc2cccc3c2OC(C)(C)C3)CC1. The molecule has 0 aliphatic carbocycles. The van der Waals surface area contributed by atoms with Crippen molar-refractivity contribution in [2.45, 2.75) is 72.4 Å². The molecule has 33 heavy (non-hydrogen) atoms. The average Bonchev–Trinajstić information content (AvgIpc) is 3.12. The molecule has 1 amide bonds. The normalized spacial score (nSPS) is 19.4. The lowest BCUT2D eigenvalue weighted by atomic mass is 9.96. The average molecular weight is 452 g/mol. The molecule has 1 aromatic rings. The van der Waals surface area contributed by atoms with Crippen LogP contribution in [0, 0.1) is 5.92 Å². The summed E-state index contributed by atoms with van der Waals surface area (Å²) in [7, 11) is 0. The highest BCUT2D eigenvalue weighted by molar-refractivity contribution is 5.93. The second kappa shape index (κ2) is 11.6. The van der Waals surface area contributed by atoms with Crippen LogP contribution in [0.15, 0.2) is 53.9 Å². The van der Waals surface area contributed by atoms with Crippen LogP contribution in [0.4, 0.5) is 0 Å². The van der Waals surface area contributed by atoms with E-state index in [4.69, 9.17) is 4.74 Å². The van der Waals surface area contributed by atoms with Gasteiger partial charge in [-0.2, -0.15) is 0 Å². The number of para-hydroxylation sites is 1. The number of ether oxygens (including phenoxy) is 1. The number of fused-ring (bicyclic) bond motifs is 1. The van der Waals surface area contributed by atoms with Crippen LogP contribution in [0.3, 0.4) is 0 Å². The van der Waals surface area contributed by atoms with Gasteiger partial charge >= 0.3 is 0 Å². The molecule has 0 aromatic heterocycles. The summed E-state index contributed by atoms with van der Waals surface area (Å²) in [6, 6.07) is 6.55. The van der Waals surface area contributed by atoms with Crippen LogP contribution in [-0.2, 0) is 17.8 Å². The van der Waals surface area contributed by atoms with E-state index in [1.165, 1.54) is 11.1 Å². The van der Waals surface area contributed by atoms with E-state index in [0.29, 0.717) is 11.6 Å². The third kappa shape index (κ3) is 7.23. The lowest BCUT2D eigenvalue weighted by Crippen LogP contribution is -2.39. The molecular formula is C28H41N3O2. The van der Waals surface area contributed by atoms with E-state index in [2.05, 4.69) is 54.5 Å². The third-order valence-corrected chi connectivity index (χ3v) is 6.49. The Bertz CT molecular complexity index is 906. The van der Waals surface area contributed by atoms with Gasteiger partial charge in [-0.05, 0) is 83.8 Å². The number of amides is 1. The summed E-state index contributed by atoms with van der Waals surface area (Å²) in [6.07, 6.45) is 11.9. The molecule has 3 rings (SSSR count). The van der Waals surface area contributed by atoms with Crippen LogP contribution >= 0.6 is 0 Å². The largest absolute Gasteiger partial charge is 0.487 e. The molecule has 1 aromatic carbocycles. The minimum atomic E-state index is -0.108. The van der Waals surface area contributed by atoms with Crippen molar-refractivity contribution in [2.75, 3.05) is 19.6 Å². The molecule has 180 valence electrons. The van der Waals surface area contributed by atoms with Crippen molar-refractivity contribution >= 4 is 5.91 Å². The third-order valence-electron chi connectivity index (χ3n) is 6.49. The lowest BCUT2D eigenvalue weighted by molar-refractivity contribution is -0.118. The Morgan fingerprint density at radius 1 is 1.27 bits per heavy atom. The summed E-state index contributed by atoms with van der Waals surface area (Å²) < 4.78 is 6.25. The van der Waals surface area contributed by atoms with Crippen LogP contribution in [0.1, 0.15) is 65.0 Å². The highest BCUT2D eigenvalue weighted by Crippen LogP contribution is 2.38. The molecule has 1 fully saturated rings. The second-order valence-corrected chi connectivity index (χ2v) is 9.92. The van der Waals surface area contributed by atoms with Crippen molar-refractivity contribution in [1.29, 1.82) is 0 Å². The van der Waals surface area contributed by atoms with Gasteiger partial charge < -0.3 is 15.4 Å². The van der Waals surface area contributed by atoms with Gasteiger partial charge in [0.05, 0.1) is 0 Å². The summed E-state index contributed by atoms with van der Waals surface area (Å²) in [5.74, 6) is 1.56. The first-order chi connectivity index (χ1) is 15.8. The van der Waals surface area contributed by atoms with E-state index in [0.717, 1.165) is 63.2 Å². The summed E-state index contributed by atoms with van der Waals surface area (Å²) >= 11 is 0. The maximum atomic E-state index is 12.8. The van der Waals surface area contributed by atoms with Crippen molar-refractivity contribution < 1.29 is 9.53 Å². The summed E-state index contributed by atoms with van der Waals surface area (Å²) in [5, 5.41) is 6.29. The predicted molar refractivity (Wildman–Crippen MR) is 136 cm³/mol. The number of hydrogen-bond acceptors (Lipinski definition) is 4. The first-order valence-electron chi connectivity index (χ1n) is 12.4. The van der Waals surface area contributed by atoms with E-state index in [1.54, 1.807) is 0 Å². The Labute approximate surface area is 200 Å². The maximum Gasteiger partial charge on any atom is 0.267 e. The van der Waals surface area contributed by atoms with Gasteiger partial charge in [0.1, 0.15) is 17.0 Å². The smallest absolute Gasteiger partial charge is 0.267 e. The lowest BCUT2D eigenvalue weighted by Gasteiger charge is -2.32. The number of benzene rings is 1. The number of carbonyl (C=O) groups excluding carboxylic acids is 1. The zero-order chi connectivity index (χ0) is 23.8. The Kier molecular flexibility index (Phi) is 8.79. The molecule has 2 aliphatic heterocycles. The van der Waals surface area contributed by atoms with E-state index in [9.17, 15) is 4.79 Å². The van der Waals surface area contributed by atoms with Crippen LogP contribution in [0.2, 0.25) is 0 Å². The number of likely N-dealkylation sites (tertiary alicyclic amines) is 1. The van der Waals surface area contributed by atoms with E-state index in [1.807, 2.05) is 38.3 Å². The molecule has 0 atom stereocenters. The van der Waals surface area contributed by atoms with Gasteiger partial charge in [-0.3, -0.25) is 9.69 Å². The van der Waals surface area contributed by atoms with Gasteiger partial charge in [-0.1, -0.05) is 42.8 Å². The number of nitrogens with one attached hydrogen (secondary N) is 2. The van der Waals surface area contributed by atoms with Crippen molar-refractivity contribution in [2.24, 2.45) is 5.92 Å². The Hall–Kier alpha value is -2.53. The standard InChI is InChI=1S/C28H41N3O2/c1-6-8-14-29-25(17-21(3)7-2)27(32)30-19-22-12-15-31(16-13-22)20-24-11-9-10-23-18-28(4,5)33-26(23)24/h7-11,14,17,22,29H,6,12-13,15-16,18-20H2,1-5H3,(H,30,32)/b14-8+,21-7+,25-17-. The summed E-state index contributed by atoms with van der Waals surface area (Å²) in [5.41, 5.74) is 4.17. The molecule has 2 aliphatic rings. The fourth-order valence-corrected chi connectivity index (χ4v) is 4.48. The quantitative estimate of drug-likeness (QED) is 0.406. The molecular weight excluding hydrogens is 410 g/mol. The highest BCUT2D eigenvalue weighted by Gasteiger charge is 2.32. The maximum absolute atomic E-state index is 12.8. The molecule has 5 heteroatoms. The van der Waals surface area contributed by atoms with Gasteiger partial charge in [-0.15, -0.1) is 0 Å². The number of nitrogens with zero attached hydrogens (tertiary/aromatic N) is 1. The Morgan fingerprint density at radius 3 is 2.73 bits per heavy atom. The van der Waals surface area contributed by atoms with Gasteiger partial charge in [-0.25, -0.2) is 0 Å². The topological polar surface area (TPSA) is 53.6 Å². The van der Waals surface area contributed by atoms with Crippen molar-refractivity contribution in [3.63, 3.8) is 0 Å². The zero-order valence-corrected chi connectivity index (χ0v) is 21.0. The molecule has 0 spiro atoms. The molecule has 2 heterocycles. The number of carbonyl (C=O) groups is 1. The Morgan fingerprint density at radius 2 is 2.03 bits per heavy atom. The first kappa shape index (κ1) is 25.1. The van der Waals surface area contributed by atoms with E-state index < -0.39 is 0 Å². The molecule has 0 saturated carbocycles. The molecule has 1 saturated heterocycles. The number of hydrogen-bond donors (Lipinski definition) is 2. The number of piperidine rings is 1. The molecule has 2 N–H and O–H groups in total. The van der Waals surface area contributed by atoms with Crippen LogP contribution in [0.25, 0.3) is 0 Å². The van der Waals surface area contributed by atoms with Gasteiger partial charge in [0, 0.05) is 25.1 Å². The second-order valence-electron chi connectivity index (χ2n) is 9.92. The number of rotatable bonds is 9. The van der Waals surface area contributed by atoms with Crippen LogP contribution in [-0.4, -0.2) is 36.0 Å². The fourth-order valence-electron chi connectivity index (χ4n) is 4.48. The minimum Gasteiger partial charge on any atom is -0.487 e. The van der Waals surface area contributed by atoms with Crippen molar-refractivity contribution in [3.05, 3.63) is 65.0 Å².